The van der Waals surface area contributed by atoms with Crippen molar-refractivity contribution in [3.05, 3.63) is 71.1 Å². The summed E-state index contributed by atoms with van der Waals surface area (Å²) in [5, 5.41) is 1.27. The van der Waals surface area contributed by atoms with Crippen LogP contribution >= 0.6 is 0 Å². The Labute approximate surface area is 197 Å². The zero-order valence-electron chi connectivity index (χ0n) is 19.3. The average molecular weight is 468 g/mol. The summed E-state index contributed by atoms with van der Waals surface area (Å²) >= 11 is 0. The molecule has 4 rings (SSSR count). The number of carbonyl (C=O) groups excluding carboxylic acids is 1. The minimum absolute atomic E-state index is 0.100. The second kappa shape index (κ2) is 10.5. The molecular weight excluding hydrogens is 434 g/mol. The molecule has 33 heavy (non-hydrogen) atoms. The Bertz CT molecular complexity index is 1070. The SMILES string of the molecule is CN(Cc1ccccc1N1CCCC1)C(=O)C1CCN(S(=O)(=O)/C=C/c2ccccc2)CC1. The first kappa shape index (κ1) is 23.5. The minimum Gasteiger partial charge on any atom is -0.371 e. The molecule has 2 fully saturated rings. The number of rotatable bonds is 7. The van der Waals surface area contributed by atoms with E-state index in [2.05, 4.69) is 23.1 Å². The molecule has 2 heterocycles. The molecule has 2 aromatic carbocycles. The van der Waals surface area contributed by atoms with E-state index < -0.39 is 10.0 Å². The average Bonchev–Trinajstić information content (AvgIpc) is 3.38. The van der Waals surface area contributed by atoms with Crippen LogP contribution in [0.5, 0.6) is 0 Å². The highest BCUT2D eigenvalue weighted by molar-refractivity contribution is 7.92. The van der Waals surface area contributed by atoms with Crippen LogP contribution < -0.4 is 4.90 Å². The summed E-state index contributed by atoms with van der Waals surface area (Å²) in [5.41, 5.74) is 3.24. The summed E-state index contributed by atoms with van der Waals surface area (Å²) in [5.74, 6) is -0.0402. The van der Waals surface area contributed by atoms with Gasteiger partial charge in [-0.2, -0.15) is 4.31 Å². The number of para-hydroxylation sites is 1. The van der Waals surface area contributed by atoms with Crippen LogP contribution in [-0.4, -0.2) is 56.8 Å². The third-order valence-electron chi connectivity index (χ3n) is 6.62. The molecule has 0 N–H and O–H groups in total. The van der Waals surface area contributed by atoms with Gasteiger partial charge >= 0.3 is 0 Å². The zero-order valence-corrected chi connectivity index (χ0v) is 20.1. The molecule has 0 bridgehead atoms. The minimum atomic E-state index is -3.49. The number of nitrogens with zero attached hydrogens (tertiary/aromatic N) is 3. The molecule has 0 aliphatic carbocycles. The van der Waals surface area contributed by atoms with Gasteiger partial charge in [-0.3, -0.25) is 4.79 Å². The molecule has 0 aromatic heterocycles. The van der Waals surface area contributed by atoms with Crippen molar-refractivity contribution in [2.24, 2.45) is 5.92 Å². The first-order chi connectivity index (χ1) is 15.9. The van der Waals surface area contributed by atoms with Crippen LogP contribution in [0.1, 0.15) is 36.8 Å². The lowest BCUT2D eigenvalue weighted by Gasteiger charge is -2.32. The Morgan fingerprint density at radius 3 is 2.30 bits per heavy atom. The zero-order chi connectivity index (χ0) is 23.3. The van der Waals surface area contributed by atoms with E-state index in [0.29, 0.717) is 32.5 Å². The van der Waals surface area contributed by atoms with Crippen molar-refractivity contribution in [1.29, 1.82) is 0 Å². The fourth-order valence-corrected chi connectivity index (χ4v) is 5.95. The van der Waals surface area contributed by atoms with E-state index in [1.807, 2.05) is 43.4 Å². The van der Waals surface area contributed by atoms with E-state index >= 15 is 0 Å². The topological polar surface area (TPSA) is 60.9 Å². The summed E-state index contributed by atoms with van der Waals surface area (Å²) in [6, 6.07) is 17.7. The van der Waals surface area contributed by atoms with Crippen LogP contribution in [0, 0.1) is 5.92 Å². The third kappa shape index (κ3) is 5.84. The maximum absolute atomic E-state index is 13.1. The first-order valence-electron chi connectivity index (χ1n) is 11.8. The van der Waals surface area contributed by atoms with Crippen molar-refractivity contribution in [1.82, 2.24) is 9.21 Å². The van der Waals surface area contributed by atoms with Crippen molar-refractivity contribution in [3.8, 4) is 0 Å². The van der Waals surface area contributed by atoms with Crippen LogP contribution in [0.3, 0.4) is 0 Å². The Hall–Kier alpha value is -2.64. The molecule has 0 radical (unpaired) electrons. The third-order valence-corrected chi connectivity index (χ3v) is 8.18. The maximum atomic E-state index is 13.1. The smallest absolute Gasteiger partial charge is 0.236 e. The standard InChI is InChI=1S/C26H33N3O3S/c1-27(21-24-11-5-6-12-25(24)28-16-7-8-17-28)26(30)23-13-18-29(19-14-23)33(31,32)20-15-22-9-3-2-4-10-22/h2-6,9-12,15,20,23H,7-8,13-14,16-19,21H2,1H3/b20-15+. The number of hydrogen-bond acceptors (Lipinski definition) is 4. The lowest BCUT2D eigenvalue weighted by molar-refractivity contribution is -0.135. The van der Waals surface area contributed by atoms with Crippen LogP contribution in [0.15, 0.2) is 60.0 Å². The fraction of sp³-hybridized carbons (Fsp3) is 0.423. The molecule has 2 saturated heterocycles. The summed E-state index contributed by atoms with van der Waals surface area (Å²) < 4.78 is 26.9. The van der Waals surface area contributed by atoms with Gasteiger partial charge in [0.1, 0.15) is 0 Å². The Morgan fingerprint density at radius 1 is 0.970 bits per heavy atom. The quantitative estimate of drug-likeness (QED) is 0.619. The highest BCUT2D eigenvalue weighted by Crippen LogP contribution is 2.27. The molecule has 2 aromatic rings. The second-order valence-electron chi connectivity index (χ2n) is 8.95. The number of benzene rings is 2. The van der Waals surface area contributed by atoms with E-state index in [1.165, 1.54) is 33.8 Å². The van der Waals surface area contributed by atoms with Gasteiger partial charge in [0.05, 0.1) is 0 Å². The van der Waals surface area contributed by atoms with Crippen LogP contribution in [0.4, 0.5) is 5.69 Å². The Morgan fingerprint density at radius 2 is 1.61 bits per heavy atom. The van der Waals surface area contributed by atoms with Crippen molar-refractivity contribution in [2.45, 2.75) is 32.2 Å². The maximum Gasteiger partial charge on any atom is 0.236 e. The van der Waals surface area contributed by atoms with Crippen molar-refractivity contribution < 1.29 is 13.2 Å². The van der Waals surface area contributed by atoms with E-state index in [1.54, 1.807) is 11.0 Å². The van der Waals surface area contributed by atoms with Gasteiger partial charge in [0.25, 0.3) is 0 Å². The summed E-state index contributed by atoms with van der Waals surface area (Å²) in [6.07, 6.45) is 5.15. The van der Waals surface area contributed by atoms with Crippen LogP contribution in [-0.2, 0) is 21.4 Å². The van der Waals surface area contributed by atoms with Gasteiger partial charge in [-0.15, -0.1) is 0 Å². The van der Waals surface area contributed by atoms with E-state index in [-0.39, 0.29) is 11.8 Å². The molecule has 1 amide bonds. The van der Waals surface area contributed by atoms with Gasteiger partial charge in [-0.1, -0.05) is 48.5 Å². The van der Waals surface area contributed by atoms with Gasteiger partial charge in [-0.25, -0.2) is 8.42 Å². The van der Waals surface area contributed by atoms with Gasteiger partial charge in [0.2, 0.25) is 15.9 Å². The van der Waals surface area contributed by atoms with E-state index in [0.717, 1.165) is 18.7 Å². The Balaban J connectivity index is 1.33. The van der Waals surface area contributed by atoms with Gasteiger partial charge in [0.15, 0.2) is 0 Å². The highest BCUT2D eigenvalue weighted by Gasteiger charge is 2.31. The molecule has 7 heteroatoms. The van der Waals surface area contributed by atoms with Crippen molar-refractivity contribution >= 4 is 27.7 Å². The molecule has 0 unspecified atom stereocenters. The molecule has 2 aliphatic rings. The number of carbonyl (C=O) groups is 1. The number of anilines is 1. The van der Waals surface area contributed by atoms with Crippen molar-refractivity contribution in [2.75, 3.05) is 38.1 Å². The number of sulfonamides is 1. The molecule has 0 spiro atoms. The molecule has 176 valence electrons. The molecule has 0 saturated carbocycles. The molecule has 2 aliphatic heterocycles. The summed E-state index contributed by atoms with van der Waals surface area (Å²) in [4.78, 5) is 17.3. The van der Waals surface area contributed by atoms with Crippen molar-refractivity contribution in [3.63, 3.8) is 0 Å². The monoisotopic (exact) mass is 467 g/mol. The second-order valence-corrected chi connectivity index (χ2v) is 10.8. The summed E-state index contributed by atoms with van der Waals surface area (Å²) in [6.45, 7) is 3.45. The van der Waals surface area contributed by atoms with E-state index in [9.17, 15) is 13.2 Å². The van der Waals surface area contributed by atoms with Gasteiger partial charge in [0, 0.05) is 56.8 Å². The predicted molar refractivity (Wildman–Crippen MR) is 133 cm³/mol. The lowest BCUT2D eigenvalue weighted by atomic mass is 9.96. The fourth-order valence-electron chi connectivity index (χ4n) is 4.73. The normalized spacial score (nSPS) is 18.2. The molecule has 0 atom stereocenters. The van der Waals surface area contributed by atoms with Crippen LogP contribution in [0.2, 0.25) is 0 Å². The number of hydrogen-bond donors (Lipinski definition) is 0. The largest absolute Gasteiger partial charge is 0.371 e. The van der Waals surface area contributed by atoms with Gasteiger partial charge < -0.3 is 9.80 Å². The van der Waals surface area contributed by atoms with E-state index in [4.69, 9.17) is 0 Å². The first-order valence-corrected chi connectivity index (χ1v) is 13.3. The summed E-state index contributed by atoms with van der Waals surface area (Å²) in [7, 11) is -1.64. The number of amides is 1. The Kier molecular flexibility index (Phi) is 7.50. The molecular formula is C26H33N3O3S. The highest BCUT2D eigenvalue weighted by atomic mass is 32.2. The van der Waals surface area contributed by atoms with Crippen LogP contribution in [0.25, 0.3) is 6.08 Å². The number of piperidine rings is 1. The predicted octanol–water partition coefficient (Wildman–Crippen LogP) is 3.96. The molecule has 6 nitrogen and oxygen atoms in total. The lowest BCUT2D eigenvalue weighted by Crippen LogP contribution is -2.42. The van der Waals surface area contributed by atoms with Gasteiger partial charge in [-0.05, 0) is 49.0 Å².